The molecule has 1 aliphatic carbocycles. The first-order chi connectivity index (χ1) is 9.85. The summed E-state index contributed by atoms with van der Waals surface area (Å²) in [5, 5.41) is 11.2. The molecule has 1 heterocycles. The van der Waals surface area contributed by atoms with Crippen LogP contribution in [0.2, 0.25) is 0 Å². The summed E-state index contributed by atoms with van der Waals surface area (Å²) in [6, 6.07) is 0.346. The average Bonchev–Trinajstić information content (AvgIpc) is 3.10. The first-order valence-electron chi connectivity index (χ1n) is 7.41. The zero-order valence-corrected chi connectivity index (χ0v) is 13.3. The van der Waals surface area contributed by atoms with Gasteiger partial charge in [0.2, 0.25) is 0 Å². The van der Waals surface area contributed by atoms with Crippen molar-refractivity contribution in [3.05, 3.63) is 11.9 Å². The lowest BCUT2D eigenvalue weighted by Crippen LogP contribution is -2.41. The second-order valence-electron chi connectivity index (χ2n) is 6.47. The summed E-state index contributed by atoms with van der Waals surface area (Å²) in [5.74, 6) is 0. The van der Waals surface area contributed by atoms with Gasteiger partial charge in [-0.3, -0.25) is 4.68 Å². The minimum absolute atomic E-state index is 0.216. The summed E-state index contributed by atoms with van der Waals surface area (Å²) in [7, 11) is 1.84. The monoisotopic (exact) mass is 295 g/mol. The Bertz CT molecular complexity index is 476. The molecule has 1 amide bonds. The number of amides is 1. The average molecular weight is 295 g/mol. The Balaban J connectivity index is 1.74. The van der Waals surface area contributed by atoms with E-state index in [9.17, 15) is 4.79 Å². The molecule has 21 heavy (non-hydrogen) atoms. The van der Waals surface area contributed by atoms with Crippen molar-refractivity contribution in [3.8, 4) is 0 Å². The van der Waals surface area contributed by atoms with E-state index < -0.39 is 5.60 Å². The van der Waals surface area contributed by atoms with Crippen LogP contribution in [0, 0.1) is 0 Å². The van der Waals surface area contributed by atoms with E-state index in [0.717, 1.165) is 18.5 Å². The van der Waals surface area contributed by atoms with Gasteiger partial charge in [-0.25, -0.2) is 4.79 Å². The zero-order chi connectivity index (χ0) is 15.5. The lowest BCUT2D eigenvalue weighted by atomic mass is 10.2. The fraction of sp³-hybridized carbons (Fsp3) is 0.786. The molecule has 0 spiro atoms. The SMILES string of the molecule is Cn1cc(CNCCN(C(=O)OC(C)(C)C)C2CC2)nn1. The van der Waals surface area contributed by atoms with Gasteiger partial charge in [0.15, 0.2) is 0 Å². The quantitative estimate of drug-likeness (QED) is 0.801. The molecular weight excluding hydrogens is 270 g/mol. The highest BCUT2D eigenvalue weighted by Gasteiger charge is 2.34. The van der Waals surface area contributed by atoms with Crippen LogP contribution in [0.25, 0.3) is 0 Å². The third-order valence-corrected chi connectivity index (χ3v) is 3.10. The third kappa shape index (κ3) is 5.34. The van der Waals surface area contributed by atoms with Crippen LogP contribution in [0.3, 0.4) is 0 Å². The molecule has 0 unspecified atom stereocenters. The Morgan fingerprint density at radius 3 is 2.76 bits per heavy atom. The highest BCUT2D eigenvalue weighted by molar-refractivity contribution is 5.69. The van der Waals surface area contributed by atoms with Crippen molar-refractivity contribution in [3.63, 3.8) is 0 Å². The molecule has 7 heteroatoms. The number of hydrogen-bond acceptors (Lipinski definition) is 5. The van der Waals surface area contributed by atoms with Crippen molar-refractivity contribution in [2.45, 2.75) is 51.8 Å². The van der Waals surface area contributed by atoms with Gasteiger partial charge < -0.3 is 15.0 Å². The Morgan fingerprint density at radius 2 is 2.24 bits per heavy atom. The number of aromatic nitrogens is 3. The summed E-state index contributed by atoms with van der Waals surface area (Å²) in [5.41, 5.74) is 0.449. The molecule has 1 aliphatic rings. The Labute approximate surface area is 125 Å². The molecule has 1 saturated carbocycles. The molecule has 1 aromatic rings. The van der Waals surface area contributed by atoms with Gasteiger partial charge in [-0.2, -0.15) is 0 Å². The Morgan fingerprint density at radius 1 is 1.52 bits per heavy atom. The molecule has 1 aromatic heterocycles. The second-order valence-corrected chi connectivity index (χ2v) is 6.47. The van der Waals surface area contributed by atoms with Gasteiger partial charge in [-0.15, -0.1) is 5.10 Å². The fourth-order valence-electron chi connectivity index (χ4n) is 2.02. The van der Waals surface area contributed by atoms with Crippen LogP contribution in [0.1, 0.15) is 39.3 Å². The van der Waals surface area contributed by atoms with Crippen LogP contribution in [-0.2, 0) is 18.3 Å². The second kappa shape index (κ2) is 6.43. The van der Waals surface area contributed by atoms with Crippen molar-refractivity contribution in [1.82, 2.24) is 25.2 Å². The first-order valence-corrected chi connectivity index (χ1v) is 7.41. The maximum Gasteiger partial charge on any atom is 0.410 e. The maximum absolute atomic E-state index is 12.2. The van der Waals surface area contributed by atoms with Crippen LogP contribution < -0.4 is 5.32 Å². The lowest BCUT2D eigenvalue weighted by Gasteiger charge is -2.27. The first kappa shape index (κ1) is 15.8. The van der Waals surface area contributed by atoms with E-state index in [2.05, 4.69) is 15.6 Å². The fourth-order valence-corrected chi connectivity index (χ4v) is 2.02. The smallest absolute Gasteiger partial charge is 0.410 e. The summed E-state index contributed by atoms with van der Waals surface area (Å²) in [6.45, 7) is 7.69. The number of nitrogens with zero attached hydrogens (tertiary/aromatic N) is 4. The highest BCUT2D eigenvalue weighted by atomic mass is 16.6. The number of rotatable bonds is 6. The largest absolute Gasteiger partial charge is 0.444 e. The molecule has 2 rings (SSSR count). The van der Waals surface area contributed by atoms with Gasteiger partial charge in [0.25, 0.3) is 0 Å². The molecule has 1 fully saturated rings. The summed E-state index contributed by atoms with van der Waals surface area (Å²) < 4.78 is 7.13. The van der Waals surface area contributed by atoms with E-state index in [4.69, 9.17) is 4.74 Å². The number of carbonyl (C=O) groups excluding carboxylic acids is 1. The van der Waals surface area contributed by atoms with Crippen LogP contribution in [0.5, 0.6) is 0 Å². The minimum Gasteiger partial charge on any atom is -0.444 e. The molecule has 0 aromatic carbocycles. The van der Waals surface area contributed by atoms with E-state index in [1.54, 1.807) is 4.68 Å². The topological polar surface area (TPSA) is 72.3 Å². The molecule has 118 valence electrons. The molecule has 7 nitrogen and oxygen atoms in total. The number of nitrogens with one attached hydrogen (secondary N) is 1. The van der Waals surface area contributed by atoms with Gasteiger partial charge in [-0.1, -0.05) is 5.21 Å². The Kier molecular flexibility index (Phi) is 4.82. The summed E-state index contributed by atoms with van der Waals surface area (Å²) in [6.07, 6.45) is 3.80. The molecule has 0 atom stereocenters. The minimum atomic E-state index is -0.447. The number of aryl methyl sites for hydroxylation is 1. The lowest BCUT2D eigenvalue weighted by molar-refractivity contribution is 0.0236. The molecule has 0 aliphatic heterocycles. The van der Waals surface area contributed by atoms with E-state index in [1.165, 1.54) is 0 Å². The number of ether oxygens (including phenoxy) is 1. The van der Waals surface area contributed by atoms with Crippen LogP contribution in [0.4, 0.5) is 4.79 Å². The maximum atomic E-state index is 12.2. The van der Waals surface area contributed by atoms with Gasteiger partial charge in [0.05, 0.1) is 5.69 Å². The molecule has 1 N–H and O–H groups in total. The molecular formula is C14H25N5O2. The van der Waals surface area contributed by atoms with Crippen molar-refractivity contribution in [2.75, 3.05) is 13.1 Å². The van der Waals surface area contributed by atoms with E-state index >= 15 is 0 Å². The van der Waals surface area contributed by atoms with E-state index in [0.29, 0.717) is 25.7 Å². The number of carbonyl (C=O) groups is 1. The molecule has 0 saturated heterocycles. The predicted octanol–water partition coefficient (Wildman–Crippen LogP) is 1.30. The van der Waals surface area contributed by atoms with E-state index in [1.807, 2.05) is 38.9 Å². The van der Waals surface area contributed by atoms with Crippen molar-refractivity contribution in [1.29, 1.82) is 0 Å². The normalized spacial score (nSPS) is 15.0. The van der Waals surface area contributed by atoms with Crippen LogP contribution in [0.15, 0.2) is 6.20 Å². The predicted molar refractivity (Wildman–Crippen MR) is 78.7 cm³/mol. The van der Waals surface area contributed by atoms with E-state index in [-0.39, 0.29) is 6.09 Å². The standard InChI is InChI=1S/C14H25N5O2/c1-14(2,3)21-13(20)19(12-5-6-12)8-7-15-9-11-10-18(4)17-16-11/h10,12,15H,5-9H2,1-4H3. The molecule has 0 bridgehead atoms. The van der Waals surface area contributed by atoms with Crippen LogP contribution >= 0.6 is 0 Å². The van der Waals surface area contributed by atoms with Crippen molar-refractivity contribution in [2.24, 2.45) is 7.05 Å². The van der Waals surface area contributed by atoms with Crippen molar-refractivity contribution < 1.29 is 9.53 Å². The molecule has 0 radical (unpaired) electrons. The van der Waals surface area contributed by atoms with Gasteiger partial charge >= 0.3 is 6.09 Å². The Hall–Kier alpha value is -1.63. The van der Waals surface area contributed by atoms with Crippen molar-refractivity contribution >= 4 is 6.09 Å². The van der Waals surface area contributed by atoms with Gasteiger partial charge in [0.1, 0.15) is 5.60 Å². The summed E-state index contributed by atoms with van der Waals surface area (Å²) in [4.78, 5) is 14.0. The zero-order valence-electron chi connectivity index (χ0n) is 13.3. The van der Waals surface area contributed by atoms with Gasteiger partial charge in [0, 0.05) is 38.9 Å². The highest BCUT2D eigenvalue weighted by Crippen LogP contribution is 2.27. The number of hydrogen-bond donors (Lipinski definition) is 1. The summed E-state index contributed by atoms with van der Waals surface area (Å²) >= 11 is 0. The van der Waals surface area contributed by atoms with Crippen LogP contribution in [-0.4, -0.2) is 50.7 Å². The third-order valence-electron chi connectivity index (χ3n) is 3.10. The van der Waals surface area contributed by atoms with Gasteiger partial charge in [-0.05, 0) is 33.6 Å².